The van der Waals surface area contributed by atoms with Crippen molar-refractivity contribution in [1.29, 1.82) is 0 Å². The summed E-state index contributed by atoms with van der Waals surface area (Å²) >= 11 is 0. The second-order valence-corrected chi connectivity index (χ2v) is 16.8. The normalized spacial score (nSPS) is 12.3. The van der Waals surface area contributed by atoms with Crippen LogP contribution < -0.4 is 0 Å². The Labute approximate surface area is 389 Å². The average molecular weight is 856 g/mol. The second kappa shape index (κ2) is 16.9. The lowest BCUT2D eigenvalue weighted by Gasteiger charge is -2.34. The second-order valence-electron chi connectivity index (χ2n) is 16.8. The molecule has 5 heteroatoms. The van der Waals surface area contributed by atoms with Crippen LogP contribution in [0.2, 0.25) is 0 Å². The molecule has 0 aliphatic heterocycles. The molecule has 0 amide bonds. The molecule has 12 rings (SSSR count). The van der Waals surface area contributed by atoms with Crippen molar-refractivity contribution in [3.63, 3.8) is 0 Å². The van der Waals surface area contributed by atoms with Gasteiger partial charge in [-0.15, -0.1) is 0 Å². The standard InChI is InChI=1S/C62H41N5/c1-7-22-42(23-8-1)56-41-57(64-58(63-56)43-24-9-2-10-25-43)53-39-52-50-36-19-20-37-54(50)62(48-32-15-5-16-33-48,49-34-17-6-18-35-49)55(52)40-51(53)46-30-21-31-47(38-46)61-66-59(44-26-11-3-12-27-44)65-60(67-61)45-28-13-4-14-29-45/h1-41H. The zero-order valence-electron chi connectivity index (χ0n) is 36.4. The third-order valence-corrected chi connectivity index (χ3v) is 12.8. The zero-order valence-corrected chi connectivity index (χ0v) is 36.4. The van der Waals surface area contributed by atoms with Crippen LogP contribution >= 0.6 is 0 Å². The highest BCUT2D eigenvalue weighted by Gasteiger charge is 2.46. The summed E-state index contributed by atoms with van der Waals surface area (Å²) in [5, 5.41) is 0. The van der Waals surface area contributed by atoms with E-state index in [0.29, 0.717) is 23.3 Å². The van der Waals surface area contributed by atoms with E-state index in [-0.39, 0.29) is 0 Å². The van der Waals surface area contributed by atoms with Gasteiger partial charge >= 0.3 is 0 Å². The summed E-state index contributed by atoms with van der Waals surface area (Å²) in [6, 6.07) is 87.2. The number of aromatic nitrogens is 5. The van der Waals surface area contributed by atoms with Crippen molar-refractivity contribution in [2.24, 2.45) is 0 Å². The van der Waals surface area contributed by atoms with E-state index >= 15 is 0 Å². The van der Waals surface area contributed by atoms with Crippen molar-refractivity contribution < 1.29 is 0 Å². The van der Waals surface area contributed by atoms with Crippen molar-refractivity contribution in [2.75, 3.05) is 0 Å². The van der Waals surface area contributed by atoms with Crippen LogP contribution in [0.3, 0.4) is 0 Å². The molecule has 0 unspecified atom stereocenters. The van der Waals surface area contributed by atoms with Gasteiger partial charge in [0.2, 0.25) is 0 Å². The Morgan fingerprint density at radius 2 is 0.642 bits per heavy atom. The number of rotatable bonds is 9. The van der Waals surface area contributed by atoms with E-state index in [4.69, 9.17) is 24.9 Å². The molecular formula is C62H41N5. The van der Waals surface area contributed by atoms with Gasteiger partial charge in [0.25, 0.3) is 0 Å². The van der Waals surface area contributed by atoms with E-state index in [9.17, 15) is 0 Å². The highest BCUT2D eigenvalue weighted by Crippen LogP contribution is 2.58. The summed E-state index contributed by atoms with van der Waals surface area (Å²) in [6.07, 6.45) is 0. The lowest BCUT2D eigenvalue weighted by atomic mass is 9.67. The van der Waals surface area contributed by atoms with E-state index in [1.54, 1.807) is 0 Å². The van der Waals surface area contributed by atoms with Gasteiger partial charge in [0.05, 0.1) is 16.8 Å². The van der Waals surface area contributed by atoms with Gasteiger partial charge in [-0.05, 0) is 68.8 Å². The quantitative estimate of drug-likeness (QED) is 0.145. The molecule has 11 aromatic rings. The van der Waals surface area contributed by atoms with Gasteiger partial charge in [-0.3, -0.25) is 0 Å². The predicted molar refractivity (Wildman–Crippen MR) is 271 cm³/mol. The fraction of sp³-hybridized carbons (Fsp3) is 0.0161. The minimum absolute atomic E-state index is 0.590. The minimum Gasteiger partial charge on any atom is -0.228 e. The molecule has 0 atom stereocenters. The van der Waals surface area contributed by atoms with Crippen LogP contribution in [0.15, 0.2) is 249 Å². The molecule has 2 heterocycles. The third kappa shape index (κ3) is 7.11. The molecular weight excluding hydrogens is 815 g/mol. The average Bonchev–Trinajstić information content (AvgIpc) is 3.72. The monoisotopic (exact) mass is 855 g/mol. The molecule has 5 nitrogen and oxygen atoms in total. The Balaban J connectivity index is 1.15. The molecule has 1 aliphatic carbocycles. The van der Waals surface area contributed by atoms with Gasteiger partial charge in [0.1, 0.15) is 0 Å². The SMILES string of the molecule is c1ccc(-c2cc(-c3cc4c(cc3-c3cccc(-c5nc(-c6ccccc6)nc(-c6ccccc6)n5)c3)C(c3ccccc3)(c3ccccc3)c3ccccc3-4)nc(-c3ccccc3)n2)cc1. The molecule has 0 radical (unpaired) electrons. The van der Waals surface area contributed by atoms with Gasteiger partial charge in [-0.25, -0.2) is 24.9 Å². The lowest BCUT2D eigenvalue weighted by molar-refractivity contribution is 0.769. The maximum atomic E-state index is 5.45. The first kappa shape index (κ1) is 39.6. The molecule has 9 aromatic carbocycles. The number of hydrogen-bond donors (Lipinski definition) is 0. The molecule has 314 valence electrons. The summed E-state index contributed by atoms with van der Waals surface area (Å²) in [5.74, 6) is 2.48. The summed E-state index contributed by atoms with van der Waals surface area (Å²) in [7, 11) is 0. The fourth-order valence-corrected chi connectivity index (χ4v) is 9.76. The molecule has 0 fully saturated rings. The van der Waals surface area contributed by atoms with Crippen molar-refractivity contribution in [3.8, 4) is 90.3 Å². The largest absolute Gasteiger partial charge is 0.228 e. The molecule has 0 saturated carbocycles. The van der Waals surface area contributed by atoms with Crippen molar-refractivity contribution in [3.05, 3.63) is 271 Å². The maximum absolute atomic E-state index is 5.45. The number of benzene rings is 9. The number of nitrogens with zero attached hydrogens (tertiary/aromatic N) is 5. The maximum Gasteiger partial charge on any atom is 0.164 e. The Morgan fingerprint density at radius 1 is 0.224 bits per heavy atom. The van der Waals surface area contributed by atoms with Crippen molar-refractivity contribution in [2.45, 2.75) is 5.41 Å². The van der Waals surface area contributed by atoms with E-state index in [1.807, 2.05) is 84.9 Å². The first-order chi connectivity index (χ1) is 33.2. The van der Waals surface area contributed by atoms with Gasteiger partial charge in [-0.2, -0.15) is 0 Å². The van der Waals surface area contributed by atoms with Gasteiger partial charge in [0, 0.05) is 33.4 Å². The smallest absolute Gasteiger partial charge is 0.164 e. The predicted octanol–water partition coefficient (Wildman–Crippen LogP) is 14.7. The van der Waals surface area contributed by atoms with Crippen molar-refractivity contribution in [1.82, 2.24) is 24.9 Å². The number of fused-ring (bicyclic) bond motifs is 3. The van der Waals surface area contributed by atoms with E-state index in [1.165, 1.54) is 27.8 Å². The molecule has 0 N–H and O–H groups in total. The van der Waals surface area contributed by atoms with Crippen LogP contribution in [0.5, 0.6) is 0 Å². The highest BCUT2D eigenvalue weighted by atomic mass is 15.0. The molecule has 0 spiro atoms. The van der Waals surface area contributed by atoms with Crippen LogP contribution in [0.4, 0.5) is 0 Å². The summed E-state index contributed by atoms with van der Waals surface area (Å²) in [5.41, 5.74) is 16.0. The molecule has 0 saturated heterocycles. The first-order valence-corrected chi connectivity index (χ1v) is 22.6. The molecule has 67 heavy (non-hydrogen) atoms. The lowest BCUT2D eigenvalue weighted by Crippen LogP contribution is -2.28. The topological polar surface area (TPSA) is 64.5 Å². The zero-order chi connectivity index (χ0) is 44.6. The Kier molecular flexibility index (Phi) is 9.99. The Morgan fingerprint density at radius 3 is 1.19 bits per heavy atom. The van der Waals surface area contributed by atoms with E-state index < -0.39 is 5.41 Å². The molecule has 1 aliphatic rings. The summed E-state index contributed by atoms with van der Waals surface area (Å²) < 4.78 is 0. The third-order valence-electron chi connectivity index (χ3n) is 12.8. The number of hydrogen-bond acceptors (Lipinski definition) is 5. The summed E-state index contributed by atoms with van der Waals surface area (Å²) in [4.78, 5) is 25.9. The van der Waals surface area contributed by atoms with E-state index in [0.717, 1.165) is 61.5 Å². The van der Waals surface area contributed by atoms with Gasteiger partial charge in [0.15, 0.2) is 23.3 Å². The van der Waals surface area contributed by atoms with E-state index in [2.05, 4.69) is 164 Å². The Hall–Kier alpha value is -8.93. The summed E-state index contributed by atoms with van der Waals surface area (Å²) in [6.45, 7) is 0. The van der Waals surface area contributed by atoms with Crippen LogP contribution in [0.25, 0.3) is 90.3 Å². The van der Waals surface area contributed by atoms with Crippen LogP contribution in [-0.4, -0.2) is 24.9 Å². The van der Waals surface area contributed by atoms with Crippen LogP contribution in [-0.2, 0) is 5.41 Å². The molecule has 2 aromatic heterocycles. The molecule has 0 bridgehead atoms. The van der Waals surface area contributed by atoms with Crippen molar-refractivity contribution >= 4 is 0 Å². The van der Waals surface area contributed by atoms with Crippen LogP contribution in [0, 0.1) is 0 Å². The highest BCUT2D eigenvalue weighted by molar-refractivity contribution is 5.95. The Bertz CT molecular complexity index is 3390. The minimum atomic E-state index is -0.612. The van der Waals surface area contributed by atoms with Crippen LogP contribution in [0.1, 0.15) is 22.3 Å². The fourth-order valence-electron chi connectivity index (χ4n) is 9.76. The first-order valence-electron chi connectivity index (χ1n) is 22.6. The van der Waals surface area contributed by atoms with Gasteiger partial charge in [-0.1, -0.05) is 224 Å². The van der Waals surface area contributed by atoms with Gasteiger partial charge < -0.3 is 0 Å².